The number of carbonyl (C=O) groups is 1. The van der Waals surface area contributed by atoms with Crippen molar-refractivity contribution in [1.29, 1.82) is 0 Å². The predicted octanol–water partition coefficient (Wildman–Crippen LogP) is 3.11. The average Bonchev–Trinajstić information content (AvgIpc) is 2.41. The highest BCUT2D eigenvalue weighted by atomic mass is 35.5. The Morgan fingerprint density at radius 2 is 2.17 bits per heavy atom. The van der Waals surface area contributed by atoms with Gasteiger partial charge in [0, 0.05) is 11.8 Å². The van der Waals surface area contributed by atoms with Gasteiger partial charge < -0.3 is 4.74 Å². The molecule has 0 saturated heterocycles. The zero-order chi connectivity index (χ0) is 13.1. The lowest BCUT2D eigenvalue weighted by molar-refractivity contribution is 0.103. The van der Waals surface area contributed by atoms with Crippen LogP contribution in [-0.4, -0.2) is 17.9 Å². The number of aromatic nitrogens is 1. The maximum atomic E-state index is 13.0. The van der Waals surface area contributed by atoms with Crippen molar-refractivity contribution in [2.45, 2.75) is 0 Å². The van der Waals surface area contributed by atoms with Gasteiger partial charge in [-0.3, -0.25) is 4.79 Å². The summed E-state index contributed by atoms with van der Waals surface area (Å²) in [6.45, 7) is 0. The van der Waals surface area contributed by atoms with Crippen LogP contribution in [0.25, 0.3) is 0 Å². The summed E-state index contributed by atoms with van der Waals surface area (Å²) in [5.74, 6) is -0.571. The van der Waals surface area contributed by atoms with E-state index in [0.717, 1.165) is 6.07 Å². The van der Waals surface area contributed by atoms with E-state index < -0.39 is 5.82 Å². The second-order valence-electron chi connectivity index (χ2n) is 3.51. The third-order valence-corrected chi connectivity index (χ3v) is 2.68. The second-order valence-corrected chi connectivity index (χ2v) is 3.92. The Balaban J connectivity index is 2.44. The van der Waals surface area contributed by atoms with E-state index in [1.54, 1.807) is 12.1 Å². The summed E-state index contributed by atoms with van der Waals surface area (Å²) in [4.78, 5) is 16.1. The largest absolute Gasteiger partial charge is 0.494 e. The summed E-state index contributed by atoms with van der Waals surface area (Å²) in [7, 11) is 1.45. The highest BCUT2D eigenvalue weighted by molar-refractivity contribution is 6.31. The van der Waals surface area contributed by atoms with Gasteiger partial charge in [-0.1, -0.05) is 11.6 Å². The molecule has 92 valence electrons. The normalized spacial score (nSPS) is 10.2. The van der Waals surface area contributed by atoms with E-state index in [1.807, 2.05) is 0 Å². The van der Waals surface area contributed by atoms with Crippen molar-refractivity contribution >= 4 is 17.4 Å². The Labute approximate surface area is 108 Å². The molecule has 0 aliphatic rings. The van der Waals surface area contributed by atoms with Gasteiger partial charge in [0.1, 0.15) is 11.6 Å². The first kappa shape index (κ1) is 12.5. The van der Waals surface area contributed by atoms with Crippen LogP contribution >= 0.6 is 11.6 Å². The molecule has 0 amide bonds. The molecule has 0 atom stereocenters. The van der Waals surface area contributed by atoms with E-state index in [9.17, 15) is 9.18 Å². The van der Waals surface area contributed by atoms with Crippen molar-refractivity contribution in [2.24, 2.45) is 0 Å². The van der Waals surface area contributed by atoms with Crippen molar-refractivity contribution in [3.8, 4) is 5.75 Å². The summed E-state index contributed by atoms with van der Waals surface area (Å²) >= 11 is 5.64. The second kappa shape index (κ2) is 5.14. The fraction of sp³-hybridized carbons (Fsp3) is 0.0769. The number of ether oxygens (including phenoxy) is 1. The molecule has 3 nitrogen and oxygen atoms in total. The molecule has 5 heteroatoms. The third kappa shape index (κ3) is 2.33. The average molecular weight is 266 g/mol. The molecule has 0 radical (unpaired) electrons. The van der Waals surface area contributed by atoms with Gasteiger partial charge in [0.05, 0.1) is 12.1 Å². The first-order valence-electron chi connectivity index (χ1n) is 5.12. The van der Waals surface area contributed by atoms with E-state index >= 15 is 0 Å². The third-order valence-electron chi connectivity index (χ3n) is 2.39. The van der Waals surface area contributed by atoms with E-state index in [1.165, 1.54) is 25.4 Å². The molecule has 18 heavy (non-hydrogen) atoms. The van der Waals surface area contributed by atoms with Crippen molar-refractivity contribution in [3.63, 3.8) is 0 Å². The number of rotatable bonds is 3. The van der Waals surface area contributed by atoms with Gasteiger partial charge in [-0.2, -0.15) is 0 Å². The SMILES string of the molecule is COc1cccnc1C(=O)c1ccc(F)c(Cl)c1. The summed E-state index contributed by atoms with van der Waals surface area (Å²) in [5.41, 5.74) is 0.432. The molecule has 0 unspecified atom stereocenters. The molecule has 0 aliphatic carbocycles. The minimum absolute atomic E-state index is 0.101. The van der Waals surface area contributed by atoms with Gasteiger partial charge in [-0.05, 0) is 30.3 Å². The van der Waals surface area contributed by atoms with Crippen LogP contribution in [0.15, 0.2) is 36.5 Å². The summed E-state index contributed by atoms with van der Waals surface area (Å²) in [6.07, 6.45) is 1.49. The number of benzene rings is 1. The highest BCUT2D eigenvalue weighted by Crippen LogP contribution is 2.22. The van der Waals surface area contributed by atoms with Gasteiger partial charge in [0.25, 0.3) is 0 Å². The molecule has 0 saturated carbocycles. The molecule has 1 aromatic heterocycles. The lowest BCUT2D eigenvalue weighted by atomic mass is 10.1. The summed E-state index contributed by atoms with van der Waals surface area (Å²) < 4.78 is 18.1. The summed E-state index contributed by atoms with van der Waals surface area (Å²) in [5, 5.41) is -0.101. The molecular weight excluding hydrogens is 257 g/mol. The Kier molecular flexibility index (Phi) is 3.58. The number of pyridine rings is 1. The van der Waals surface area contributed by atoms with Crippen LogP contribution in [0.2, 0.25) is 5.02 Å². The van der Waals surface area contributed by atoms with Crippen LogP contribution in [0.5, 0.6) is 5.75 Å². The number of carbonyl (C=O) groups excluding carboxylic acids is 1. The Bertz CT molecular complexity index is 601. The zero-order valence-electron chi connectivity index (χ0n) is 9.48. The Morgan fingerprint density at radius 3 is 2.83 bits per heavy atom. The Hall–Kier alpha value is -1.94. The highest BCUT2D eigenvalue weighted by Gasteiger charge is 2.16. The molecule has 1 heterocycles. The lowest BCUT2D eigenvalue weighted by Crippen LogP contribution is -2.06. The Morgan fingerprint density at radius 1 is 1.39 bits per heavy atom. The predicted molar refractivity (Wildman–Crippen MR) is 65.6 cm³/mol. The standard InChI is InChI=1S/C13H9ClFNO2/c1-18-11-3-2-6-16-12(11)13(17)8-4-5-10(15)9(14)7-8/h2-7H,1H3. The van der Waals surface area contributed by atoms with Crippen LogP contribution < -0.4 is 4.74 Å². The first-order valence-corrected chi connectivity index (χ1v) is 5.50. The van der Waals surface area contributed by atoms with Crippen molar-refractivity contribution < 1.29 is 13.9 Å². The van der Waals surface area contributed by atoms with Gasteiger partial charge in [0.15, 0.2) is 5.69 Å². The molecule has 0 N–H and O–H groups in total. The molecule has 0 fully saturated rings. The molecule has 0 spiro atoms. The zero-order valence-corrected chi connectivity index (χ0v) is 10.2. The van der Waals surface area contributed by atoms with Gasteiger partial charge >= 0.3 is 0 Å². The van der Waals surface area contributed by atoms with Crippen LogP contribution in [0.1, 0.15) is 16.1 Å². The molecule has 2 aromatic rings. The van der Waals surface area contributed by atoms with E-state index in [4.69, 9.17) is 16.3 Å². The van der Waals surface area contributed by atoms with Crippen LogP contribution in [0.4, 0.5) is 4.39 Å². The monoisotopic (exact) mass is 265 g/mol. The van der Waals surface area contributed by atoms with Crippen molar-refractivity contribution in [1.82, 2.24) is 4.98 Å². The smallest absolute Gasteiger partial charge is 0.215 e. The number of ketones is 1. The van der Waals surface area contributed by atoms with Gasteiger partial charge in [-0.25, -0.2) is 9.37 Å². The van der Waals surface area contributed by atoms with E-state index in [0.29, 0.717) is 5.75 Å². The maximum absolute atomic E-state index is 13.0. The molecule has 0 bridgehead atoms. The fourth-order valence-electron chi connectivity index (χ4n) is 1.50. The van der Waals surface area contributed by atoms with E-state index in [2.05, 4.69) is 4.98 Å². The van der Waals surface area contributed by atoms with Crippen molar-refractivity contribution in [3.05, 3.63) is 58.6 Å². The lowest BCUT2D eigenvalue weighted by Gasteiger charge is -2.06. The fourth-order valence-corrected chi connectivity index (χ4v) is 1.68. The number of methoxy groups -OCH3 is 1. The number of hydrogen-bond acceptors (Lipinski definition) is 3. The van der Waals surface area contributed by atoms with Crippen LogP contribution in [-0.2, 0) is 0 Å². The van der Waals surface area contributed by atoms with Gasteiger partial charge in [0.2, 0.25) is 5.78 Å². The first-order chi connectivity index (χ1) is 8.63. The molecule has 0 aliphatic heterocycles. The van der Waals surface area contributed by atoms with Crippen LogP contribution in [0, 0.1) is 5.82 Å². The quantitative estimate of drug-likeness (QED) is 0.801. The minimum Gasteiger partial charge on any atom is -0.494 e. The van der Waals surface area contributed by atoms with Gasteiger partial charge in [-0.15, -0.1) is 0 Å². The van der Waals surface area contributed by atoms with Crippen LogP contribution in [0.3, 0.4) is 0 Å². The number of halogens is 2. The summed E-state index contributed by atoms with van der Waals surface area (Å²) in [6, 6.07) is 7.06. The van der Waals surface area contributed by atoms with E-state index in [-0.39, 0.29) is 22.1 Å². The minimum atomic E-state index is -0.568. The number of nitrogens with zero attached hydrogens (tertiary/aromatic N) is 1. The molecule has 1 aromatic carbocycles. The molecular formula is C13H9ClFNO2. The number of hydrogen-bond donors (Lipinski definition) is 0. The van der Waals surface area contributed by atoms with Crippen molar-refractivity contribution in [2.75, 3.05) is 7.11 Å². The maximum Gasteiger partial charge on any atom is 0.215 e. The topological polar surface area (TPSA) is 39.2 Å². The molecule has 2 rings (SSSR count).